The molecule has 1 atom stereocenters. The van der Waals surface area contributed by atoms with Gasteiger partial charge >= 0.3 is 6.03 Å². The highest BCUT2D eigenvalue weighted by Gasteiger charge is 2.21. The molecule has 1 saturated heterocycles. The molecule has 7 heteroatoms. The van der Waals surface area contributed by atoms with Crippen molar-refractivity contribution in [1.29, 1.82) is 0 Å². The van der Waals surface area contributed by atoms with E-state index < -0.39 is 0 Å². The van der Waals surface area contributed by atoms with Crippen LogP contribution in [0.15, 0.2) is 35.3 Å². The van der Waals surface area contributed by atoms with E-state index >= 15 is 0 Å². The van der Waals surface area contributed by atoms with Crippen molar-refractivity contribution in [3.8, 4) is 0 Å². The van der Waals surface area contributed by atoms with E-state index in [0.717, 1.165) is 38.4 Å². The first-order valence-corrected chi connectivity index (χ1v) is 9.83. The van der Waals surface area contributed by atoms with Crippen LogP contribution < -0.4 is 16.4 Å². The number of primary amides is 1. The second-order valence-electron chi connectivity index (χ2n) is 7.21. The van der Waals surface area contributed by atoms with Gasteiger partial charge in [-0.05, 0) is 39.3 Å². The van der Waals surface area contributed by atoms with Gasteiger partial charge < -0.3 is 21.3 Å². The van der Waals surface area contributed by atoms with Crippen LogP contribution in [0.2, 0.25) is 0 Å². The molecule has 1 aromatic rings. The highest BCUT2D eigenvalue weighted by atomic mass is 16.2. The molecule has 1 unspecified atom stereocenters. The number of hydrogen-bond acceptors (Lipinski definition) is 3. The van der Waals surface area contributed by atoms with Crippen LogP contribution in [0.3, 0.4) is 0 Å². The summed E-state index contributed by atoms with van der Waals surface area (Å²) >= 11 is 0. The average molecular weight is 375 g/mol. The van der Waals surface area contributed by atoms with Crippen molar-refractivity contribution < 1.29 is 4.79 Å². The lowest BCUT2D eigenvalue weighted by molar-refractivity contribution is 0.188. The summed E-state index contributed by atoms with van der Waals surface area (Å²) in [4.78, 5) is 20.0. The fourth-order valence-corrected chi connectivity index (χ4v) is 3.15. The van der Waals surface area contributed by atoms with Gasteiger partial charge in [0.15, 0.2) is 5.96 Å². The average Bonchev–Trinajstić information content (AvgIpc) is 2.67. The monoisotopic (exact) mass is 374 g/mol. The molecule has 1 heterocycles. The molecule has 2 rings (SSSR count). The van der Waals surface area contributed by atoms with Gasteiger partial charge in [-0.15, -0.1) is 0 Å². The Bertz CT molecular complexity index is 598. The van der Waals surface area contributed by atoms with E-state index in [1.165, 1.54) is 5.56 Å². The van der Waals surface area contributed by atoms with Crippen LogP contribution in [0.4, 0.5) is 4.79 Å². The zero-order valence-electron chi connectivity index (χ0n) is 16.8. The second-order valence-corrected chi connectivity index (χ2v) is 7.21. The fraction of sp³-hybridized carbons (Fsp3) is 0.600. The predicted octanol–water partition coefficient (Wildman–Crippen LogP) is 1.61. The number of aliphatic imine (C=N–C) groups is 1. The largest absolute Gasteiger partial charge is 0.357 e. The summed E-state index contributed by atoms with van der Waals surface area (Å²) in [5.74, 6) is 0.843. The maximum Gasteiger partial charge on any atom is 0.314 e. The van der Waals surface area contributed by atoms with Gasteiger partial charge in [0.05, 0.1) is 6.54 Å². The number of urea groups is 1. The van der Waals surface area contributed by atoms with Crippen molar-refractivity contribution in [1.82, 2.24) is 20.4 Å². The molecule has 0 aliphatic carbocycles. The van der Waals surface area contributed by atoms with Crippen molar-refractivity contribution in [2.24, 2.45) is 10.7 Å². The second kappa shape index (κ2) is 10.8. The molecule has 0 radical (unpaired) electrons. The number of hydrogen-bond donors (Lipinski definition) is 3. The van der Waals surface area contributed by atoms with Crippen LogP contribution in [-0.2, 0) is 6.54 Å². The minimum Gasteiger partial charge on any atom is -0.357 e. The van der Waals surface area contributed by atoms with Crippen LogP contribution in [0.25, 0.3) is 0 Å². The summed E-state index contributed by atoms with van der Waals surface area (Å²) in [6, 6.07) is 10.8. The highest BCUT2D eigenvalue weighted by Crippen LogP contribution is 2.10. The van der Waals surface area contributed by atoms with Gasteiger partial charge in [-0.1, -0.05) is 30.3 Å². The van der Waals surface area contributed by atoms with E-state index in [4.69, 9.17) is 10.7 Å². The molecule has 0 saturated carbocycles. The number of nitrogens with two attached hydrogens (primary N) is 1. The number of amides is 2. The Labute approximate surface area is 163 Å². The fourth-order valence-electron chi connectivity index (χ4n) is 3.15. The Morgan fingerprint density at radius 3 is 2.59 bits per heavy atom. The number of likely N-dealkylation sites (N-methyl/N-ethyl adjacent to an activating group) is 1. The normalized spacial score (nSPS) is 17.0. The molecule has 2 amide bonds. The number of nitrogens with one attached hydrogen (secondary N) is 2. The smallest absolute Gasteiger partial charge is 0.314 e. The molecule has 1 aliphatic heterocycles. The predicted molar refractivity (Wildman–Crippen MR) is 111 cm³/mol. The van der Waals surface area contributed by atoms with Gasteiger partial charge in [-0.25, -0.2) is 4.79 Å². The van der Waals surface area contributed by atoms with Gasteiger partial charge in [0.1, 0.15) is 0 Å². The van der Waals surface area contributed by atoms with Crippen molar-refractivity contribution in [3.63, 3.8) is 0 Å². The molecule has 0 aromatic heterocycles. The summed E-state index contributed by atoms with van der Waals surface area (Å²) in [6.45, 7) is 8.11. The molecular weight excluding hydrogens is 340 g/mol. The Kier molecular flexibility index (Phi) is 8.39. The van der Waals surface area contributed by atoms with E-state index in [1.54, 1.807) is 4.90 Å². The number of likely N-dealkylation sites (tertiary alicyclic amines) is 1. The van der Waals surface area contributed by atoms with Crippen LogP contribution in [0, 0.1) is 0 Å². The Morgan fingerprint density at radius 1 is 1.33 bits per heavy atom. The molecule has 1 aromatic carbocycles. The lowest BCUT2D eigenvalue weighted by Crippen LogP contribution is -2.51. The number of nitrogens with zero attached hydrogens (tertiary/aromatic N) is 3. The SMILES string of the molecule is CCNC(=NCC(C)N(C)Cc1ccccc1)NC1CCN(C(N)=O)CC1. The summed E-state index contributed by atoms with van der Waals surface area (Å²) in [7, 11) is 2.13. The summed E-state index contributed by atoms with van der Waals surface area (Å²) < 4.78 is 0. The Hall–Kier alpha value is -2.28. The maximum absolute atomic E-state index is 11.2. The van der Waals surface area contributed by atoms with Crippen molar-refractivity contribution in [2.75, 3.05) is 33.2 Å². The summed E-state index contributed by atoms with van der Waals surface area (Å²) in [5.41, 5.74) is 6.66. The van der Waals surface area contributed by atoms with E-state index in [0.29, 0.717) is 25.2 Å². The van der Waals surface area contributed by atoms with Gasteiger partial charge in [0.2, 0.25) is 0 Å². The first kappa shape index (κ1) is 21.0. The highest BCUT2D eigenvalue weighted by molar-refractivity contribution is 5.80. The quantitative estimate of drug-likeness (QED) is 0.500. The van der Waals surface area contributed by atoms with E-state index in [1.807, 2.05) is 6.07 Å². The maximum atomic E-state index is 11.2. The van der Waals surface area contributed by atoms with Crippen LogP contribution in [-0.4, -0.2) is 67.1 Å². The standard InChI is InChI=1S/C20H34N6O/c1-4-22-20(24-18-10-12-26(13-11-18)19(21)27)23-14-16(2)25(3)15-17-8-6-5-7-9-17/h5-9,16,18H,4,10-15H2,1-3H3,(H2,21,27)(H2,22,23,24). The van der Waals surface area contributed by atoms with Crippen LogP contribution in [0.1, 0.15) is 32.3 Å². The number of piperidine rings is 1. The van der Waals surface area contributed by atoms with Gasteiger partial charge in [-0.3, -0.25) is 9.89 Å². The van der Waals surface area contributed by atoms with Crippen LogP contribution in [0.5, 0.6) is 0 Å². The van der Waals surface area contributed by atoms with E-state index in [9.17, 15) is 4.79 Å². The lowest BCUT2D eigenvalue weighted by atomic mass is 10.1. The number of guanidine groups is 1. The van der Waals surface area contributed by atoms with Crippen molar-refractivity contribution >= 4 is 12.0 Å². The summed E-state index contributed by atoms with van der Waals surface area (Å²) in [5, 5.41) is 6.82. The number of carbonyl (C=O) groups is 1. The van der Waals surface area contributed by atoms with E-state index in [-0.39, 0.29) is 6.03 Å². The van der Waals surface area contributed by atoms with Gasteiger partial charge in [0, 0.05) is 38.3 Å². The van der Waals surface area contributed by atoms with Crippen molar-refractivity contribution in [2.45, 2.75) is 45.3 Å². The zero-order chi connectivity index (χ0) is 19.6. The first-order valence-electron chi connectivity index (χ1n) is 9.83. The van der Waals surface area contributed by atoms with Crippen molar-refractivity contribution in [3.05, 3.63) is 35.9 Å². The molecule has 4 N–H and O–H groups in total. The molecule has 150 valence electrons. The zero-order valence-corrected chi connectivity index (χ0v) is 16.8. The lowest BCUT2D eigenvalue weighted by Gasteiger charge is -2.32. The number of carbonyl (C=O) groups excluding carboxylic acids is 1. The summed E-state index contributed by atoms with van der Waals surface area (Å²) in [6.07, 6.45) is 1.77. The first-order chi connectivity index (χ1) is 13.0. The van der Waals surface area contributed by atoms with E-state index in [2.05, 4.69) is 60.7 Å². The molecule has 27 heavy (non-hydrogen) atoms. The third-order valence-electron chi connectivity index (χ3n) is 5.03. The Morgan fingerprint density at radius 2 is 2.00 bits per heavy atom. The minimum absolute atomic E-state index is 0.316. The molecule has 0 bridgehead atoms. The Balaban J connectivity index is 1.84. The van der Waals surface area contributed by atoms with Gasteiger partial charge in [-0.2, -0.15) is 0 Å². The molecule has 1 fully saturated rings. The minimum atomic E-state index is -0.329. The molecule has 0 spiro atoms. The van der Waals surface area contributed by atoms with Gasteiger partial charge in [0.25, 0.3) is 0 Å². The topological polar surface area (TPSA) is 86.0 Å². The molecule has 7 nitrogen and oxygen atoms in total. The number of benzene rings is 1. The number of rotatable bonds is 7. The van der Waals surface area contributed by atoms with Crippen LogP contribution >= 0.6 is 0 Å². The molecule has 1 aliphatic rings. The molecular formula is C20H34N6O. The third-order valence-corrected chi connectivity index (χ3v) is 5.03. The third kappa shape index (κ3) is 7.09.